The first-order valence-electron chi connectivity index (χ1n) is 10.8. The largest absolute Gasteiger partial charge is 0.493 e. The number of morpholine rings is 1. The molecule has 0 saturated carbocycles. The molecule has 0 aromatic heterocycles. The summed E-state index contributed by atoms with van der Waals surface area (Å²) in [4.78, 5) is 29.0. The van der Waals surface area contributed by atoms with Crippen molar-refractivity contribution in [3.63, 3.8) is 0 Å². The maximum atomic E-state index is 12.8. The molecule has 0 bridgehead atoms. The standard InChI is InChI=1S/C24H27ClN2O4/c25-22-6-2-1-5-21(22)24(29)27-11-3-4-18(16-27)17-31-20-9-7-19(8-10-20)23(28)26-12-14-30-15-13-26/h1-2,5-10,18H,3-4,11-17H2/t18-/m0/s1. The summed E-state index contributed by atoms with van der Waals surface area (Å²) in [7, 11) is 0. The van der Waals surface area contributed by atoms with Crippen LogP contribution in [0.25, 0.3) is 0 Å². The lowest BCUT2D eigenvalue weighted by Crippen LogP contribution is -2.41. The van der Waals surface area contributed by atoms with E-state index in [0.29, 0.717) is 55.6 Å². The quantitative estimate of drug-likeness (QED) is 0.707. The van der Waals surface area contributed by atoms with E-state index in [1.807, 2.05) is 34.1 Å². The number of likely N-dealkylation sites (tertiary alicyclic amines) is 1. The SMILES string of the molecule is O=C(c1ccc(OC[C@H]2CCCN(C(=O)c3ccccc3Cl)C2)cc1)N1CCOCC1. The third-order valence-electron chi connectivity index (χ3n) is 5.80. The van der Waals surface area contributed by atoms with Gasteiger partial charge < -0.3 is 19.3 Å². The van der Waals surface area contributed by atoms with Gasteiger partial charge in [0.15, 0.2) is 0 Å². The molecule has 7 heteroatoms. The maximum absolute atomic E-state index is 12.8. The normalized spacial score (nSPS) is 19.2. The summed E-state index contributed by atoms with van der Waals surface area (Å²) in [5.41, 5.74) is 1.20. The van der Waals surface area contributed by atoms with Crippen molar-refractivity contribution in [2.24, 2.45) is 5.92 Å². The number of rotatable bonds is 5. The van der Waals surface area contributed by atoms with Crippen molar-refractivity contribution in [3.05, 3.63) is 64.7 Å². The van der Waals surface area contributed by atoms with E-state index in [0.717, 1.165) is 25.1 Å². The van der Waals surface area contributed by atoms with E-state index in [2.05, 4.69) is 0 Å². The number of nitrogens with zero attached hydrogens (tertiary/aromatic N) is 2. The van der Waals surface area contributed by atoms with Gasteiger partial charge >= 0.3 is 0 Å². The maximum Gasteiger partial charge on any atom is 0.255 e. The predicted molar refractivity (Wildman–Crippen MR) is 119 cm³/mol. The first-order chi connectivity index (χ1) is 15.1. The van der Waals surface area contributed by atoms with Crippen LogP contribution >= 0.6 is 11.6 Å². The fourth-order valence-electron chi connectivity index (χ4n) is 4.05. The summed E-state index contributed by atoms with van der Waals surface area (Å²) in [5, 5.41) is 0.484. The van der Waals surface area contributed by atoms with Gasteiger partial charge in [0.05, 0.1) is 30.4 Å². The monoisotopic (exact) mass is 442 g/mol. The van der Waals surface area contributed by atoms with E-state index in [1.54, 1.807) is 24.3 Å². The second-order valence-corrected chi connectivity index (χ2v) is 8.39. The summed E-state index contributed by atoms with van der Waals surface area (Å²) in [6, 6.07) is 14.5. The second-order valence-electron chi connectivity index (χ2n) is 7.98. The summed E-state index contributed by atoms with van der Waals surface area (Å²) in [6.07, 6.45) is 1.96. The molecule has 164 valence electrons. The van der Waals surface area contributed by atoms with Crippen molar-refractivity contribution in [3.8, 4) is 5.75 Å². The molecule has 0 radical (unpaired) electrons. The van der Waals surface area contributed by atoms with E-state index in [9.17, 15) is 9.59 Å². The lowest BCUT2D eigenvalue weighted by atomic mass is 9.98. The minimum absolute atomic E-state index is 0.0239. The lowest BCUT2D eigenvalue weighted by Gasteiger charge is -2.33. The molecule has 2 fully saturated rings. The third kappa shape index (κ3) is 5.38. The van der Waals surface area contributed by atoms with Gasteiger partial charge in [-0.3, -0.25) is 9.59 Å². The van der Waals surface area contributed by atoms with E-state index in [-0.39, 0.29) is 17.7 Å². The van der Waals surface area contributed by atoms with Crippen molar-refractivity contribution in [2.45, 2.75) is 12.8 Å². The molecule has 0 N–H and O–H groups in total. The number of hydrogen-bond acceptors (Lipinski definition) is 4. The molecule has 2 aromatic carbocycles. The molecule has 0 aliphatic carbocycles. The fourth-order valence-corrected chi connectivity index (χ4v) is 4.26. The highest BCUT2D eigenvalue weighted by molar-refractivity contribution is 6.33. The number of hydrogen-bond donors (Lipinski definition) is 0. The zero-order valence-electron chi connectivity index (χ0n) is 17.5. The number of piperidine rings is 1. The third-order valence-corrected chi connectivity index (χ3v) is 6.13. The van der Waals surface area contributed by atoms with Gasteiger partial charge in [0.1, 0.15) is 5.75 Å². The van der Waals surface area contributed by atoms with Crippen LogP contribution in [0.4, 0.5) is 0 Å². The van der Waals surface area contributed by atoms with Crippen molar-refractivity contribution < 1.29 is 19.1 Å². The van der Waals surface area contributed by atoms with E-state index in [4.69, 9.17) is 21.1 Å². The van der Waals surface area contributed by atoms with Gasteiger partial charge in [0.2, 0.25) is 0 Å². The van der Waals surface area contributed by atoms with Crippen molar-refractivity contribution in [2.75, 3.05) is 46.0 Å². The van der Waals surface area contributed by atoms with Gasteiger partial charge in [0.25, 0.3) is 11.8 Å². The second kappa shape index (κ2) is 10.2. The Hall–Kier alpha value is -2.57. The molecule has 2 aliphatic rings. The highest BCUT2D eigenvalue weighted by Gasteiger charge is 2.26. The lowest BCUT2D eigenvalue weighted by molar-refractivity contribution is 0.0303. The Morgan fingerprint density at radius 3 is 2.45 bits per heavy atom. The molecule has 2 heterocycles. The Labute approximate surface area is 187 Å². The van der Waals surface area contributed by atoms with Crippen molar-refractivity contribution in [1.29, 1.82) is 0 Å². The Bertz CT molecular complexity index is 912. The molecular weight excluding hydrogens is 416 g/mol. The van der Waals surface area contributed by atoms with Crippen LogP contribution in [-0.4, -0.2) is 67.6 Å². The number of carbonyl (C=O) groups is 2. The van der Waals surface area contributed by atoms with Crippen LogP contribution in [0, 0.1) is 5.92 Å². The number of amides is 2. The molecule has 31 heavy (non-hydrogen) atoms. The molecular formula is C24H27ClN2O4. The van der Waals surface area contributed by atoms with Crippen LogP contribution in [0.15, 0.2) is 48.5 Å². The summed E-state index contributed by atoms with van der Waals surface area (Å²) in [5.74, 6) is 0.986. The van der Waals surface area contributed by atoms with Gasteiger partial charge in [0, 0.05) is 37.7 Å². The number of ether oxygens (including phenoxy) is 2. The van der Waals surface area contributed by atoms with Crippen LogP contribution in [-0.2, 0) is 4.74 Å². The smallest absolute Gasteiger partial charge is 0.255 e. The summed E-state index contributed by atoms with van der Waals surface area (Å²) in [6.45, 7) is 4.35. The van der Waals surface area contributed by atoms with Crippen LogP contribution in [0.5, 0.6) is 5.75 Å². The average Bonchev–Trinajstić information content (AvgIpc) is 2.83. The average molecular weight is 443 g/mol. The van der Waals surface area contributed by atoms with E-state index in [1.165, 1.54) is 0 Å². The van der Waals surface area contributed by atoms with Gasteiger partial charge in [-0.1, -0.05) is 23.7 Å². The minimum Gasteiger partial charge on any atom is -0.493 e. The Balaban J connectivity index is 1.30. The Morgan fingerprint density at radius 1 is 0.968 bits per heavy atom. The molecule has 4 rings (SSSR count). The fraction of sp³-hybridized carbons (Fsp3) is 0.417. The van der Waals surface area contributed by atoms with Gasteiger partial charge in [-0.25, -0.2) is 0 Å². The highest BCUT2D eigenvalue weighted by atomic mass is 35.5. The van der Waals surface area contributed by atoms with Crippen LogP contribution < -0.4 is 4.74 Å². The first kappa shape index (κ1) is 21.7. The van der Waals surface area contributed by atoms with Gasteiger partial charge in [-0.2, -0.15) is 0 Å². The first-order valence-corrected chi connectivity index (χ1v) is 11.1. The number of carbonyl (C=O) groups excluding carboxylic acids is 2. The number of benzene rings is 2. The summed E-state index contributed by atoms with van der Waals surface area (Å²) >= 11 is 6.20. The molecule has 2 aliphatic heterocycles. The Morgan fingerprint density at radius 2 is 1.71 bits per heavy atom. The van der Waals surface area contributed by atoms with Gasteiger partial charge in [-0.15, -0.1) is 0 Å². The molecule has 2 saturated heterocycles. The Kier molecular flexibility index (Phi) is 7.10. The molecule has 6 nitrogen and oxygen atoms in total. The molecule has 0 unspecified atom stereocenters. The zero-order valence-corrected chi connectivity index (χ0v) is 18.2. The van der Waals surface area contributed by atoms with Crippen molar-refractivity contribution >= 4 is 23.4 Å². The highest BCUT2D eigenvalue weighted by Crippen LogP contribution is 2.23. The van der Waals surface area contributed by atoms with Crippen LogP contribution in [0.2, 0.25) is 5.02 Å². The minimum atomic E-state index is -0.0266. The van der Waals surface area contributed by atoms with E-state index >= 15 is 0 Å². The predicted octanol–water partition coefficient (Wildman–Crippen LogP) is 3.74. The zero-order chi connectivity index (χ0) is 21.6. The van der Waals surface area contributed by atoms with Crippen LogP contribution in [0.3, 0.4) is 0 Å². The van der Waals surface area contributed by atoms with Crippen LogP contribution in [0.1, 0.15) is 33.6 Å². The topological polar surface area (TPSA) is 59.1 Å². The van der Waals surface area contributed by atoms with E-state index < -0.39 is 0 Å². The number of halogens is 1. The summed E-state index contributed by atoms with van der Waals surface area (Å²) < 4.78 is 11.3. The van der Waals surface area contributed by atoms with Gasteiger partial charge in [-0.05, 0) is 49.2 Å². The molecule has 1 atom stereocenters. The molecule has 2 aromatic rings. The molecule has 0 spiro atoms. The van der Waals surface area contributed by atoms with Crippen molar-refractivity contribution in [1.82, 2.24) is 9.80 Å². The molecule has 2 amide bonds.